The quantitative estimate of drug-likeness (QED) is 0.547. The topological polar surface area (TPSA) is 3.24 Å². The molecule has 0 aromatic rings. The van der Waals surface area contributed by atoms with Gasteiger partial charge in [0.15, 0.2) is 0 Å². The van der Waals surface area contributed by atoms with E-state index in [4.69, 9.17) is 0 Å². The highest BCUT2D eigenvalue weighted by atomic mass is 19.1. The number of hydrogen-bond acceptors (Lipinski definition) is 1. The van der Waals surface area contributed by atoms with Crippen molar-refractivity contribution in [2.75, 3.05) is 13.1 Å². The summed E-state index contributed by atoms with van der Waals surface area (Å²) in [6, 6.07) is 0.722. The van der Waals surface area contributed by atoms with Crippen LogP contribution in [0.4, 0.5) is 4.39 Å². The van der Waals surface area contributed by atoms with E-state index in [-0.39, 0.29) is 0 Å². The SMILES string of the molecule is FC1CN(C2CCCCCC2)C1. The fourth-order valence-corrected chi connectivity index (χ4v) is 2.38. The molecule has 1 saturated heterocycles. The molecule has 1 saturated carbocycles. The molecule has 1 aliphatic carbocycles. The molecule has 0 bridgehead atoms. The van der Waals surface area contributed by atoms with Crippen molar-refractivity contribution in [3.63, 3.8) is 0 Å². The zero-order valence-corrected chi connectivity index (χ0v) is 7.64. The molecular formula is C10H18FN. The first-order valence-corrected chi connectivity index (χ1v) is 5.24. The van der Waals surface area contributed by atoms with E-state index in [1.807, 2.05) is 0 Å². The summed E-state index contributed by atoms with van der Waals surface area (Å²) in [5, 5.41) is 0. The van der Waals surface area contributed by atoms with Gasteiger partial charge in [0.05, 0.1) is 0 Å². The minimum absolute atomic E-state index is 0.520. The van der Waals surface area contributed by atoms with E-state index in [1.165, 1.54) is 38.5 Å². The average molecular weight is 171 g/mol. The number of rotatable bonds is 1. The number of nitrogens with zero attached hydrogens (tertiary/aromatic N) is 1. The molecule has 0 radical (unpaired) electrons. The third kappa shape index (κ3) is 1.79. The van der Waals surface area contributed by atoms with Crippen LogP contribution in [0.15, 0.2) is 0 Å². The van der Waals surface area contributed by atoms with Crippen LogP contribution in [-0.4, -0.2) is 30.2 Å². The van der Waals surface area contributed by atoms with Gasteiger partial charge in [-0.2, -0.15) is 0 Å². The summed E-state index contributed by atoms with van der Waals surface area (Å²) < 4.78 is 12.6. The predicted octanol–water partition coefficient (Wildman–Crippen LogP) is 2.36. The molecule has 0 spiro atoms. The molecule has 0 unspecified atom stereocenters. The molecule has 2 aliphatic rings. The van der Waals surface area contributed by atoms with Crippen LogP contribution in [0.2, 0.25) is 0 Å². The van der Waals surface area contributed by atoms with Gasteiger partial charge in [-0.15, -0.1) is 0 Å². The Hall–Kier alpha value is -0.110. The van der Waals surface area contributed by atoms with Gasteiger partial charge < -0.3 is 0 Å². The Morgan fingerprint density at radius 3 is 2.00 bits per heavy atom. The maximum Gasteiger partial charge on any atom is 0.125 e. The maximum atomic E-state index is 12.6. The first-order chi connectivity index (χ1) is 5.86. The third-order valence-corrected chi connectivity index (χ3v) is 3.21. The van der Waals surface area contributed by atoms with Crippen LogP contribution in [0, 0.1) is 0 Å². The molecule has 12 heavy (non-hydrogen) atoms. The highest BCUT2D eigenvalue weighted by Gasteiger charge is 2.31. The molecule has 2 rings (SSSR count). The van der Waals surface area contributed by atoms with Crippen LogP contribution in [0.1, 0.15) is 38.5 Å². The third-order valence-electron chi connectivity index (χ3n) is 3.21. The Morgan fingerprint density at radius 1 is 0.917 bits per heavy atom. The van der Waals surface area contributed by atoms with Crippen LogP contribution in [0.3, 0.4) is 0 Å². The minimum atomic E-state index is -0.520. The first kappa shape index (κ1) is 8.49. The summed E-state index contributed by atoms with van der Waals surface area (Å²) in [4.78, 5) is 2.33. The Balaban J connectivity index is 1.78. The second-order valence-corrected chi connectivity index (χ2v) is 4.20. The standard InChI is InChI=1S/C10H18FN/c11-9-7-12(8-9)10-5-3-1-2-4-6-10/h9-10H,1-8H2. The summed E-state index contributed by atoms with van der Waals surface area (Å²) in [6.45, 7) is 1.43. The van der Waals surface area contributed by atoms with E-state index in [0.29, 0.717) is 13.1 Å². The Bertz CT molecular complexity index is 135. The van der Waals surface area contributed by atoms with Crippen molar-refractivity contribution >= 4 is 0 Å². The van der Waals surface area contributed by atoms with Crippen LogP contribution in [0.25, 0.3) is 0 Å². The maximum absolute atomic E-state index is 12.6. The molecule has 0 aromatic heterocycles. The fraction of sp³-hybridized carbons (Fsp3) is 1.00. The molecular weight excluding hydrogens is 153 g/mol. The lowest BCUT2D eigenvalue weighted by Crippen LogP contribution is -2.53. The van der Waals surface area contributed by atoms with E-state index in [9.17, 15) is 4.39 Å². The molecule has 70 valence electrons. The van der Waals surface area contributed by atoms with Gasteiger partial charge in [0.1, 0.15) is 6.17 Å². The monoisotopic (exact) mass is 171 g/mol. The summed E-state index contributed by atoms with van der Waals surface area (Å²) in [5.41, 5.74) is 0. The Morgan fingerprint density at radius 2 is 1.50 bits per heavy atom. The van der Waals surface area contributed by atoms with E-state index in [2.05, 4.69) is 4.90 Å². The van der Waals surface area contributed by atoms with Crippen molar-refractivity contribution in [2.24, 2.45) is 0 Å². The van der Waals surface area contributed by atoms with E-state index in [0.717, 1.165) is 6.04 Å². The average Bonchev–Trinajstić information content (AvgIpc) is 2.26. The molecule has 2 fully saturated rings. The first-order valence-electron chi connectivity index (χ1n) is 5.24. The zero-order valence-electron chi connectivity index (χ0n) is 7.64. The van der Waals surface area contributed by atoms with E-state index < -0.39 is 6.17 Å². The van der Waals surface area contributed by atoms with Gasteiger partial charge >= 0.3 is 0 Å². The lowest BCUT2D eigenvalue weighted by Gasteiger charge is -2.40. The highest BCUT2D eigenvalue weighted by Crippen LogP contribution is 2.26. The molecule has 1 nitrogen and oxygen atoms in total. The van der Waals surface area contributed by atoms with E-state index >= 15 is 0 Å². The summed E-state index contributed by atoms with van der Waals surface area (Å²) in [6.07, 6.45) is 7.61. The summed E-state index contributed by atoms with van der Waals surface area (Å²) in [7, 11) is 0. The normalized spacial score (nSPS) is 29.8. The van der Waals surface area contributed by atoms with Crippen molar-refractivity contribution in [1.82, 2.24) is 4.90 Å². The lowest BCUT2D eigenvalue weighted by atomic mass is 10.0. The minimum Gasteiger partial charge on any atom is -0.295 e. The van der Waals surface area contributed by atoms with E-state index in [1.54, 1.807) is 0 Å². The molecule has 0 amide bonds. The van der Waals surface area contributed by atoms with Gasteiger partial charge in [0.25, 0.3) is 0 Å². The number of halogens is 1. The number of hydrogen-bond donors (Lipinski definition) is 0. The number of likely N-dealkylation sites (tertiary alicyclic amines) is 1. The van der Waals surface area contributed by atoms with Gasteiger partial charge in [0, 0.05) is 19.1 Å². The van der Waals surface area contributed by atoms with Gasteiger partial charge in [0.2, 0.25) is 0 Å². The van der Waals surface area contributed by atoms with Crippen molar-refractivity contribution in [3.8, 4) is 0 Å². The summed E-state index contributed by atoms with van der Waals surface area (Å²) >= 11 is 0. The van der Waals surface area contributed by atoms with Crippen molar-refractivity contribution in [3.05, 3.63) is 0 Å². The van der Waals surface area contributed by atoms with Crippen LogP contribution in [0.5, 0.6) is 0 Å². The highest BCUT2D eigenvalue weighted by molar-refractivity contribution is 4.86. The fourth-order valence-electron chi connectivity index (χ4n) is 2.38. The zero-order chi connectivity index (χ0) is 8.39. The van der Waals surface area contributed by atoms with Gasteiger partial charge in [-0.1, -0.05) is 25.7 Å². The Kier molecular flexibility index (Phi) is 2.64. The lowest BCUT2D eigenvalue weighted by molar-refractivity contribution is 0.0219. The molecule has 0 N–H and O–H groups in total. The molecule has 1 aliphatic heterocycles. The second kappa shape index (κ2) is 3.73. The van der Waals surface area contributed by atoms with Crippen molar-refractivity contribution in [1.29, 1.82) is 0 Å². The summed E-state index contributed by atoms with van der Waals surface area (Å²) in [5.74, 6) is 0. The van der Waals surface area contributed by atoms with Gasteiger partial charge in [-0.25, -0.2) is 4.39 Å². The van der Waals surface area contributed by atoms with Crippen molar-refractivity contribution < 1.29 is 4.39 Å². The van der Waals surface area contributed by atoms with Gasteiger partial charge in [-0.05, 0) is 12.8 Å². The second-order valence-electron chi connectivity index (χ2n) is 4.20. The smallest absolute Gasteiger partial charge is 0.125 e. The van der Waals surface area contributed by atoms with Gasteiger partial charge in [-0.3, -0.25) is 4.90 Å². The molecule has 0 aromatic carbocycles. The van der Waals surface area contributed by atoms with Crippen LogP contribution >= 0.6 is 0 Å². The molecule has 2 heteroatoms. The molecule has 1 heterocycles. The predicted molar refractivity (Wildman–Crippen MR) is 48.0 cm³/mol. The van der Waals surface area contributed by atoms with Crippen molar-refractivity contribution in [2.45, 2.75) is 50.7 Å². The van der Waals surface area contributed by atoms with Crippen LogP contribution < -0.4 is 0 Å². The number of alkyl halides is 1. The van der Waals surface area contributed by atoms with Crippen LogP contribution in [-0.2, 0) is 0 Å². The Labute approximate surface area is 73.9 Å². The molecule has 0 atom stereocenters. The largest absolute Gasteiger partial charge is 0.295 e.